The summed E-state index contributed by atoms with van der Waals surface area (Å²) >= 11 is 0. The van der Waals surface area contributed by atoms with Crippen molar-refractivity contribution < 1.29 is 23.9 Å². The lowest BCUT2D eigenvalue weighted by molar-refractivity contribution is -0.144. The number of rotatable bonds is 5. The molecule has 0 amide bonds. The highest BCUT2D eigenvalue weighted by Gasteiger charge is 2.19. The molecule has 0 aliphatic carbocycles. The first-order chi connectivity index (χ1) is 9.12. The van der Waals surface area contributed by atoms with Crippen molar-refractivity contribution in [2.45, 2.75) is 0 Å². The Labute approximate surface area is 110 Å². The molecular formula is C13H13NO5. The van der Waals surface area contributed by atoms with Crippen molar-refractivity contribution >= 4 is 23.9 Å². The van der Waals surface area contributed by atoms with Crippen LogP contribution in [0.1, 0.15) is 10.4 Å². The van der Waals surface area contributed by atoms with Crippen LogP contribution < -0.4 is 5.32 Å². The molecule has 0 bridgehead atoms. The van der Waals surface area contributed by atoms with E-state index in [1.807, 2.05) is 0 Å². The molecule has 1 aromatic rings. The van der Waals surface area contributed by atoms with Gasteiger partial charge in [0, 0.05) is 17.5 Å². The third-order valence-electron chi connectivity index (χ3n) is 2.24. The number of nitrogens with one attached hydrogen (secondary N) is 1. The minimum Gasteiger partial charge on any atom is -0.465 e. The smallest absolute Gasteiger partial charge is 0.346 e. The molecule has 0 radical (unpaired) electrons. The molecular weight excluding hydrogens is 250 g/mol. The molecule has 0 fully saturated rings. The maximum Gasteiger partial charge on any atom is 0.346 e. The third-order valence-corrected chi connectivity index (χ3v) is 2.24. The van der Waals surface area contributed by atoms with Crippen LogP contribution in [0.4, 0.5) is 5.69 Å². The Morgan fingerprint density at radius 3 is 2.00 bits per heavy atom. The lowest BCUT2D eigenvalue weighted by Gasteiger charge is -2.05. The van der Waals surface area contributed by atoms with Crippen molar-refractivity contribution in [3.8, 4) is 0 Å². The number of methoxy groups -OCH3 is 2. The summed E-state index contributed by atoms with van der Waals surface area (Å²) in [5.41, 5.74) is 0.871. The van der Waals surface area contributed by atoms with Crippen LogP contribution in [0.5, 0.6) is 0 Å². The first-order valence-electron chi connectivity index (χ1n) is 5.31. The number of anilines is 1. The molecule has 1 aromatic carbocycles. The Morgan fingerprint density at radius 1 is 1.05 bits per heavy atom. The van der Waals surface area contributed by atoms with Crippen LogP contribution in [0.15, 0.2) is 36.0 Å². The summed E-state index contributed by atoms with van der Waals surface area (Å²) in [6, 6.07) is 6.46. The number of esters is 2. The fourth-order valence-electron chi connectivity index (χ4n) is 1.23. The molecule has 0 aliphatic rings. The minimum atomic E-state index is -0.802. The van der Waals surface area contributed by atoms with Crippen LogP contribution in [0.2, 0.25) is 0 Å². The van der Waals surface area contributed by atoms with Gasteiger partial charge in [-0.1, -0.05) is 0 Å². The second-order valence-corrected chi connectivity index (χ2v) is 3.43. The summed E-state index contributed by atoms with van der Waals surface area (Å²) < 4.78 is 8.93. The van der Waals surface area contributed by atoms with Gasteiger partial charge in [-0.3, -0.25) is 4.79 Å². The summed E-state index contributed by atoms with van der Waals surface area (Å²) in [4.78, 5) is 33.2. The van der Waals surface area contributed by atoms with Gasteiger partial charge in [-0.15, -0.1) is 0 Å². The van der Waals surface area contributed by atoms with Gasteiger partial charge >= 0.3 is 11.9 Å². The number of hydrogen-bond donors (Lipinski definition) is 1. The van der Waals surface area contributed by atoms with Crippen LogP contribution in [0.3, 0.4) is 0 Å². The van der Waals surface area contributed by atoms with Gasteiger partial charge in [-0.25, -0.2) is 9.59 Å². The zero-order valence-electron chi connectivity index (χ0n) is 10.5. The first kappa shape index (κ1) is 14.4. The van der Waals surface area contributed by atoms with Gasteiger partial charge in [0.2, 0.25) is 0 Å². The van der Waals surface area contributed by atoms with Gasteiger partial charge in [-0.05, 0) is 24.3 Å². The number of aldehydes is 1. The number of ether oxygens (including phenoxy) is 2. The fraction of sp³-hybridized carbons (Fsp3) is 0.154. The van der Waals surface area contributed by atoms with E-state index >= 15 is 0 Å². The number of carbonyl (C=O) groups excluding carboxylic acids is 3. The summed E-state index contributed by atoms with van der Waals surface area (Å²) in [6.45, 7) is 0. The Kier molecular flexibility index (Phi) is 5.28. The Morgan fingerprint density at radius 2 is 1.58 bits per heavy atom. The predicted molar refractivity (Wildman–Crippen MR) is 67.6 cm³/mol. The van der Waals surface area contributed by atoms with Crippen LogP contribution >= 0.6 is 0 Å². The van der Waals surface area contributed by atoms with Crippen LogP contribution in [-0.4, -0.2) is 32.4 Å². The maximum absolute atomic E-state index is 11.4. The molecule has 0 unspecified atom stereocenters. The third kappa shape index (κ3) is 3.95. The van der Waals surface area contributed by atoms with Crippen molar-refractivity contribution in [2.75, 3.05) is 19.5 Å². The van der Waals surface area contributed by atoms with E-state index in [-0.39, 0.29) is 5.57 Å². The number of hydrogen-bond acceptors (Lipinski definition) is 6. The summed E-state index contributed by atoms with van der Waals surface area (Å²) in [5, 5.41) is 2.75. The van der Waals surface area contributed by atoms with Gasteiger partial charge in [0.1, 0.15) is 6.29 Å². The molecule has 1 N–H and O–H groups in total. The average molecular weight is 263 g/mol. The van der Waals surface area contributed by atoms with Crippen molar-refractivity contribution in [1.82, 2.24) is 0 Å². The van der Waals surface area contributed by atoms with E-state index in [1.54, 1.807) is 24.3 Å². The number of benzene rings is 1. The van der Waals surface area contributed by atoms with Crippen molar-refractivity contribution in [1.29, 1.82) is 0 Å². The molecule has 0 saturated carbocycles. The van der Waals surface area contributed by atoms with E-state index in [0.29, 0.717) is 17.5 Å². The molecule has 0 aliphatic heterocycles. The van der Waals surface area contributed by atoms with Gasteiger partial charge in [-0.2, -0.15) is 0 Å². The van der Waals surface area contributed by atoms with Crippen molar-refractivity contribution in [3.63, 3.8) is 0 Å². The zero-order valence-corrected chi connectivity index (χ0v) is 10.5. The van der Waals surface area contributed by atoms with E-state index in [1.165, 1.54) is 6.20 Å². The van der Waals surface area contributed by atoms with Gasteiger partial charge < -0.3 is 14.8 Å². The normalized spacial score (nSPS) is 9.16. The highest BCUT2D eigenvalue weighted by molar-refractivity contribution is 6.14. The van der Waals surface area contributed by atoms with E-state index < -0.39 is 11.9 Å². The lowest BCUT2D eigenvalue weighted by Crippen LogP contribution is -2.17. The van der Waals surface area contributed by atoms with Crippen molar-refractivity contribution in [2.24, 2.45) is 0 Å². The van der Waals surface area contributed by atoms with Crippen LogP contribution in [0, 0.1) is 0 Å². The van der Waals surface area contributed by atoms with Crippen LogP contribution in [-0.2, 0) is 19.1 Å². The summed E-state index contributed by atoms with van der Waals surface area (Å²) in [6.07, 6.45) is 1.90. The molecule has 100 valence electrons. The molecule has 0 atom stereocenters. The van der Waals surface area contributed by atoms with E-state index in [0.717, 1.165) is 14.2 Å². The average Bonchev–Trinajstić information content (AvgIpc) is 2.47. The van der Waals surface area contributed by atoms with E-state index in [9.17, 15) is 14.4 Å². The molecule has 0 aromatic heterocycles. The molecule has 19 heavy (non-hydrogen) atoms. The maximum atomic E-state index is 11.4. The number of carbonyl (C=O) groups is 3. The topological polar surface area (TPSA) is 81.7 Å². The van der Waals surface area contributed by atoms with E-state index in [2.05, 4.69) is 14.8 Å². The Hall–Kier alpha value is -2.63. The Balaban J connectivity index is 2.87. The largest absolute Gasteiger partial charge is 0.465 e. The fourth-order valence-corrected chi connectivity index (χ4v) is 1.23. The SMILES string of the molecule is COC(=O)C(=CNc1ccc(C=O)cc1)C(=O)OC. The molecule has 1 rings (SSSR count). The predicted octanol–water partition coefficient (Wildman–Crippen LogP) is 1.14. The quantitative estimate of drug-likeness (QED) is 0.282. The lowest BCUT2D eigenvalue weighted by atomic mass is 10.2. The molecule has 6 nitrogen and oxygen atoms in total. The highest BCUT2D eigenvalue weighted by Crippen LogP contribution is 2.09. The summed E-state index contributed by atoms with van der Waals surface area (Å²) in [5.74, 6) is -1.60. The van der Waals surface area contributed by atoms with Crippen molar-refractivity contribution in [3.05, 3.63) is 41.6 Å². The standard InChI is InChI=1S/C13H13NO5/c1-18-12(16)11(13(17)19-2)7-14-10-5-3-9(8-15)4-6-10/h3-8,14H,1-2H3. The summed E-state index contributed by atoms with van der Waals surface area (Å²) in [7, 11) is 2.33. The van der Waals surface area contributed by atoms with Gasteiger partial charge in [0.25, 0.3) is 0 Å². The second kappa shape index (κ2) is 6.95. The zero-order chi connectivity index (χ0) is 14.3. The second-order valence-electron chi connectivity index (χ2n) is 3.43. The minimum absolute atomic E-state index is 0.260. The first-order valence-corrected chi connectivity index (χ1v) is 5.31. The molecule has 0 heterocycles. The molecule has 6 heteroatoms. The van der Waals surface area contributed by atoms with Crippen LogP contribution in [0.25, 0.3) is 0 Å². The van der Waals surface area contributed by atoms with E-state index in [4.69, 9.17) is 0 Å². The Bertz CT molecular complexity index is 486. The highest BCUT2D eigenvalue weighted by atomic mass is 16.5. The van der Waals surface area contributed by atoms with Gasteiger partial charge in [0.05, 0.1) is 14.2 Å². The molecule has 0 spiro atoms. The van der Waals surface area contributed by atoms with Gasteiger partial charge in [0.15, 0.2) is 5.57 Å². The monoisotopic (exact) mass is 263 g/mol. The molecule has 0 saturated heterocycles.